The van der Waals surface area contributed by atoms with Gasteiger partial charge < -0.3 is 25.8 Å². The normalized spacial score (nSPS) is 10.4. The fourth-order valence-corrected chi connectivity index (χ4v) is 2.51. The second-order valence-corrected chi connectivity index (χ2v) is 5.29. The van der Waals surface area contributed by atoms with Crippen LogP contribution in [0.3, 0.4) is 0 Å². The summed E-state index contributed by atoms with van der Waals surface area (Å²) < 4.78 is 17.1. The molecule has 0 radical (unpaired) electrons. The molecule has 0 aliphatic heterocycles. The van der Waals surface area contributed by atoms with Gasteiger partial charge in [0.15, 0.2) is 17.3 Å². The standard InChI is InChI=1S/C13H17N5O4S/c1-20-8-4-7(5-9(21-2)11(8)22-3)12-16-17-13(18(12)15)23-6-10(14)19/h4-5H,6,15H2,1-3H3,(H2,14,19). The number of hydrogen-bond acceptors (Lipinski definition) is 8. The van der Waals surface area contributed by atoms with E-state index in [-0.39, 0.29) is 5.75 Å². The number of carbonyl (C=O) groups excluding carboxylic acids is 1. The monoisotopic (exact) mass is 339 g/mol. The highest BCUT2D eigenvalue weighted by molar-refractivity contribution is 7.99. The number of amides is 1. The Morgan fingerprint density at radius 1 is 1.17 bits per heavy atom. The van der Waals surface area contributed by atoms with E-state index in [1.807, 2.05) is 0 Å². The largest absolute Gasteiger partial charge is 0.493 e. The molecule has 9 nitrogen and oxygen atoms in total. The van der Waals surface area contributed by atoms with E-state index in [4.69, 9.17) is 25.8 Å². The molecule has 0 saturated carbocycles. The van der Waals surface area contributed by atoms with Crippen molar-refractivity contribution in [3.05, 3.63) is 12.1 Å². The minimum absolute atomic E-state index is 0.0601. The predicted molar refractivity (Wildman–Crippen MR) is 85.2 cm³/mol. The van der Waals surface area contributed by atoms with Gasteiger partial charge in [0.2, 0.25) is 16.8 Å². The average Bonchev–Trinajstić information content (AvgIpc) is 2.92. The zero-order valence-electron chi connectivity index (χ0n) is 12.9. The molecule has 1 aromatic heterocycles. The molecule has 23 heavy (non-hydrogen) atoms. The summed E-state index contributed by atoms with van der Waals surface area (Å²) in [6.45, 7) is 0. The molecule has 0 aliphatic rings. The number of carbonyl (C=O) groups is 1. The van der Waals surface area contributed by atoms with Crippen molar-refractivity contribution < 1.29 is 19.0 Å². The van der Waals surface area contributed by atoms with Gasteiger partial charge in [0, 0.05) is 5.56 Å². The maximum absolute atomic E-state index is 10.9. The third-order valence-electron chi connectivity index (χ3n) is 2.93. The number of thioether (sulfide) groups is 1. The summed E-state index contributed by atoms with van der Waals surface area (Å²) in [5, 5.41) is 8.35. The van der Waals surface area contributed by atoms with Gasteiger partial charge in [0.25, 0.3) is 0 Å². The lowest BCUT2D eigenvalue weighted by Crippen LogP contribution is -2.16. The third-order valence-corrected chi connectivity index (χ3v) is 3.90. The van der Waals surface area contributed by atoms with Crippen LogP contribution in [-0.4, -0.2) is 47.9 Å². The smallest absolute Gasteiger partial charge is 0.227 e. The molecule has 0 saturated heterocycles. The van der Waals surface area contributed by atoms with Crippen LogP contribution in [0.15, 0.2) is 17.3 Å². The number of methoxy groups -OCH3 is 3. The molecular formula is C13H17N5O4S. The molecule has 124 valence electrons. The van der Waals surface area contributed by atoms with Gasteiger partial charge in [-0.15, -0.1) is 10.2 Å². The van der Waals surface area contributed by atoms with Gasteiger partial charge in [0.1, 0.15) is 0 Å². The number of nitrogens with zero attached hydrogens (tertiary/aromatic N) is 3. The van der Waals surface area contributed by atoms with Crippen LogP contribution in [0.1, 0.15) is 0 Å². The molecular weight excluding hydrogens is 322 g/mol. The summed E-state index contributed by atoms with van der Waals surface area (Å²) in [5.41, 5.74) is 5.74. The summed E-state index contributed by atoms with van der Waals surface area (Å²) in [5.74, 6) is 7.36. The van der Waals surface area contributed by atoms with E-state index in [0.717, 1.165) is 11.8 Å². The van der Waals surface area contributed by atoms with E-state index in [1.165, 1.54) is 26.0 Å². The third kappa shape index (κ3) is 3.42. The zero-order chi connectivity index (χ0) is 17.0. The molecule has 0 aliphatic carbocycles. The molecule has 4 N–H and O–H groups in total. The van der Waals surface area contributed by atoms with Gasteiger partial charge in [-0.2, -0.15) is 0 Å². The summed E-state index contributed by atoms with van der Waals surface area (Å²) in [4.78, 5) is 10.9. The van der Waals surface area contributed by atoms with Crippen molar-refractivity contribution >= 4 is 17.7 Å². The Labute approximate surface area is 136 Å². The van der Waals surface area contributed by atoms with Crippen LogP contribution in [0.5, 0.6) is 17.2 Å². The van der Waals surface area contributed by atoms with E-state index in [0.29, 0.717) is 33.8 Å². The first-order chi connectivity index (χ1) is 11.0. The molecule has 10 heteroatoms. The van der Waals surface area contributed by atoms with Crippen molar-refractivity contribution in [3.8, 4) is 28.6 Å². The highest BCUT2D eigenvalue weighted by atomic mass is 32.2. The number of primary amides is 1. The SMILES string of the molecule is COc1cc(-c2nnc(SCC(N)=O)n2N)cc(OC)c1OC. The van der Waals surface area contributed by atoms with Crippen LogP contribution in [0.25, 0.3) is 11.4 Å². The van der Waals surface area contributed by atoms with Crippen molar-refractivity contribution in [2.24, 2.45) is 5.73 Å². The minimum atomic E-state index is -0.465. The lowest BCUT2D eigenvalue weighted by molar-refractivity contribution is -0.115. The van der Waals surface area contributed by atoms with Crippen LogP contribution in [0.2, 0.25) is 0 Å². The number of aromatic nitrogens is 3. The number of nitrogens with two attached hydrogens (primary N) is 2. The number of benzene rings is 1. The summed E-state index contributed by atoms with van der Waals surface area (Å²) in [6, 6.07) is 3.41. The lowest BCUT2D eigenvalue weighted by Gasteiger charge is -2.13. The summed E-state index contributed by atoms with van der Waals surface area (Å²) >= 11 is 1.10. The molecule has 0 bridgehead atoms. The zero-order valence-corrected chi connectivity index (χ0v) is 13.7. The van der Waals surface area contributed by atoms with Crippen LogP contribution < -0.4 is 25.8 Å². The Morgan fingerprint density at radius 3 is 2.26 bits per heavy atom. The van der Waals surface area contributed by atoms with Crippen molar-refractivity contribution in [3.63, 3.8) is 0 Å². The van der Waals surface area contributed by atoms with Crippen LogP contribution in [-0.2, 0) is 4.79 Å². The molecule has 0 atom stereocenters. The summed E-state index contributed by atoms with van der Waals surface area (Å²) in [6.07, 6.45) is 0. The highest BCUT2D eigenvalue weighted by Gasteiger charge is 2.19. The van der Waals surface area contributed by atoms with Crippen molar-refractivity contribution in [1.82, 2.24) is 14.9 Å². The highest BCUT2D eigenvalue weighted by Crippen LogP contribution is 2.40. The van der Waals surface area contributed by atoms with Gasteiger partial charge in [-0.3, -0.25) is 4.79 Å². The maximum Gasteiger partial charge on any atom is 0.227 e. The Kier molecular flexibility index (Phi) is 5.16. The van der Waals surface area contributed by atoms with E-state index >= 15 is 0 Å². The molecule has 1 aromatic carbocycles. The fourth-order valence-electron chi connectivity index (χ4n) is 1.92. The fraction of sp³-hybridized carbons (Fsp3) is 0.308. The lowest BCUT2D eigenvalue weighted by atomic mass is 10.1. The van der Waals surface area contributed by atoms with Crippen molar-refractivity contribution in [2.45, 2.75) is 5.16 Å². The van der Waals surface area contributed by atoms with Gasteiger partial charge in [-0.05, 0) is 12.1 Å². The number of ether oxygens (including phenoxy) is 3. The first-order valence-electron chi connectivity index (χ1n) is 6.43. The van der Waals surface area contributed by atoms with E-state index in [2.05, 4.69) is 10.2 Å². The van der Waals surface area contributed by atoms with Crippen LogP contribution in [0, 0.1) is 0 Å². The van der Waals surface area contributed by atoms with Crippen LogP contribution >= 0.6 is 11.8 Å². The maximum atomic E-state index is 10.9. The number of nitrogen functional groups attached to an aromatic ring is 1. The van der Waals surface area contributed by atoms with Gasteiger partial charge >= 0.3 is 0 Å². The first kappa shape index (κ1) is 16.7. The molecule has 1 heterocycles. The van der Waals surface area contributed by atoms with E-state index in [9.17, 15) is 4.79 Å². The average molecular weight is 339 g/mol. The van der Waals surface area contributed by atoms with Crippen molar-refractivity contribution in [1.29, 1.82) is 0 Å². The topological polar surface area (TPSA) is 128 Å². The molecule has 0 unspecified atom stereocenters. The molecule has 2 rings (SSSR count). The number of hydrogen-bond donors (Lipinski definition) is 2. The van der Waals surface area contributed by atoms with Gasteiger partial charge in [-0.1, -0.05) is 11.8 Å². The second kappa shape index (κ2) is 7.09. The van der Waals surface area contributed by atoms with Crippen LogP contribution in [0.4, 0.5) is 0 Å². The minimum Gasteiger partial charge on any atom is -0.493 e. The summed E-state index contributed by atoms with van der Waals surface area (Å²) in [7, 11) is 4.55. The predicted octanol–water partition coefficient (Wildman–Crippen LogP) is 0.262. The Bertz CT molecular complexity index is 693. The molecule has 1 amide bonds. The van der Waals surface area contributed by atoms with Crippen molar-refractivity contribution in [2.75, 3.05) is 32.9 Å². The molecule has 0 spiro atoms. The number of rotatable bonds is 7. The van der Waals surface area contributed by atoms with E-state index < -0.39 is 5.91 Å². The second-order valence-electron chi connectivity index (χ2n) is 4.35. The van der Waals surface area contributed by atoms with Gasteiger partial charge in [0.05, 0.1) is 27.1 Å². The molecule has 2 aromatic rings. The van der Waals surface area contributed by atoms with E-state index in [1.54, 1.807) is 12.1 Å². The quantitative estimate of drug-likeness (QED) is 0.543. The Balaban J connectivity index is 2.44. The Morgan fingerprint density at radius 2 is 1.78 bits per heavy atom. The molecule has 0 fully saturated rings. The van der Waals surface area contributed by atoms with Gasteiger partial charge in [-0.25, -0.2) is 4.68 Å². The first-order valence-corrected chi connectivity index (χ1v) is 7.42. The Hall–Kier alpha value is -2.62.